The number of hydrazine groups is 1. The van der Waals surface area contributed by atoms with Gasteiger partial charge in [-0.1, -0.05) is 38.0 Å². The second-order valence-corrected chi connectivity index (χ2v) is 6.14. The molecule has 0 aliphatic heterocycles. The zero-order valence-corrected chi connectivity index (χ0v) is 12.0. The maximum atomic E-state index is 5.85. The molecule has 1 aromatic heterocycles. The van der Waals surface area contributed by atoms with Crippen molar-refractivity contribution in [1.29, 1.82) is 0 Å². The first-order valence-corrected chi connectivity index (χ1v) is 7.58. The fraction of sp³-hybridized carbons (Fsp3) is 0.471. The SMILES string of the molecule is CC1CCCC(C(NN)c2cnc3ccccc3c2)C1. The summed E-state index contributed by atoms with van der Waals surface area (Å²) in [4.78, 5) is 4.57. The van der Waals surface area contributed by atoms with Crippen LogP contribution in [0, 0.1) is 11.8 Å². The van der Waals surface area contributed by atoms with Gasteiger partial charge in [-0.15, -0.1) is 0 Å². The van der Waals surface area contributed by atoms with Crippen LogP contribution in [0.25, 0.3) is 10.9 Å². The number of nitrogens with zero attached hydrogens (tertiary/aromatic N) is 1. The lowest BCUT2D eigenvalue weighted by molar-refractivity contribution is 0.224. The molecular weight excluding hydrogens is 246 g/mol. The normalized spacial score (nSPS) is 24.7. The van der Waals surface area contributed by atoms with Crippen molar-refractivity contribution in [3.8, 4) is 0 Å². The number of nitrogens with one attached hydrogen (secondary N) is 1. The van der Waals surface area contributed by atoms with E-state index in [1.807, 2.05) is 18.3 Å². The molecule has 1 heterocycles. The van der Waals surface area contributed by atoms with E-state index in [2.05, 4.69) is 35.5 Å². The summed E-state index contributed by atoms with van der Waals surface area (Å²) in [6.07, 6.45) is 7.15. The Balaban J connectivity index is 1.90. The first kappa shape index (κ1) is 13.5. The number of hydrogen-bond acceptors (Lipinski definition) is 3. The number of rotatable bonds is 3. The number of aromatic nitrogens is 1. The summed E-state index contributed by atoms with van der Waals surface area (Å²) >= 11 is 0. The average Bonchev–Trinajstić information content (AvgIpc) is 2.48. The molecule has 0 spiro atoms. The summed E-state index contributed by atoms with van der Waals surface area (Å²) in [5, 5.41) is 1.19. The Kier molecular flexibility index (Phi) is 3.99. The van der Waals surface area contributed by atoms with Crippen molar-refractivity contribution in [1.82, 2.24) is 10.4 Å². The predicted molar refractivity (Wildman–Crippen MR) is 82.9 cm³/mol. The number of fused-ring (bicyclic) bond motifs is 1. The van der Waals surface area contributed by atoms with E-state index in [9.17, 15) is 0 Å². The van der Waals surface area contributed by atoms with Crippen LogP contribution in [0.4, 0.5) is 0 Å². The molecule has 1 aliphatic rings. The van der Waals surface area contributed by atoms with Crippen LogP contribution in [-0.4, -0.2) is 4.98 Å². The highest BCUT2D eigenvalue weighted by atomic mass is 15.2. The number of para-hydroxylation sites is 1. The maximum Gasteiger partial charge on any atom is 0.0702 e. The molecule has 0 amide bonds. The highest BCUT2D eigenvalue weighted by Crippen LogP contribution is 2.37. The van der Waals surface area contributed by atoms with Crippen LogP contribution in [0.1, 0.15) is 44.2 Å². The third-order valence-electron chi connectivity index (χ3n) is 4.60. The molecule has 20 heavy (non-hydrogen) atoms. The molecule has 1 aromatic carbocycles. The largest absolute Gasteiger partial charge is 0.271 e. The Labute approximate surface area is 120 Å². The van der Waals surface area contributed by atoms with E-state index >= 15 is 0 Å². The average molecular weight is 269 g/mol. The Morgan fingerprint density at radius 3 is 2.95 bits per heavy atom. The van der Waals surface area contributed by atoms with Crippen molar-refractivity contribution in [2.45, 2.75) is 38.6 Å². The molecule has 106 valence electrons. The lowest BCUT2D eigenvalue weighted by Crippen LogP contribution is -2.35. The van der Waals surface area contributed by atoms with Crippen LogP contribution in [0.2, 0.25) is 0 Å². The van der Waals surface area contributed by atoms with Crippen LogP contribution in [0.3, 0.4) is 0 Å². The minimum Gasteiger partial charge on any atom is -0.271 e. The van der Waals surface area contributed by atoms with E-state index in [0.717, 1.165) is 11.4 Å². The van der Waals surface area contributed by atoms with Gasteiger partial charge in [-0.05, 0) is 42.4 Å². The lowest BCUT2D eigenvalue weighted by Gasteiger charge is -2.33. The molecule has 3 unspecified atom stereocenters. The Morgan fingerprint density at radius 1 is 1.30 bits per heavy atom. The molecule has 3 rings (SSSR count). The van der Waals surface area contributed by atoms with E-state index in [1.54, 1.807) is 0 Å². The van der Waals surface area contributed by atoms with Gasteiger partial charge in [0.25, 0.3) is 0 Å². The first-order valence-electron chi connectivity index (χ1n) is 7.58. The van der Waals surface area contributed by atoms with Gasteiger partial charge in [0.15, 0.2) is 0 Å². The number of hydrogen-bond donors (Lipinski definition) is 2. The van der Waals surface area contributed by atoms with Crippen molar-refractivity contribution in [3.63, 3.8) is 0 Å². The van der Waals surface area contributed by atoms with E-state index < -0.39 is 0 Å². The van der Waals surface area contributed by atoms with E-state index in [4.69, 9.17) is 5.84 Å². The zero-order valence-electron chi connectivity index (χ0n) is 12.0. The summed E-state index contributed by atoms with van der Waals surface area (Å²) in [7, 11) is 0. The minimum absolute atomic E-state index is 0.217. The van der Waals surface area contributed by atoms with Crippen molar-refractivity contribution in [3.05, 3.63) is 42.1 Å². The van der Waals surface area contributed by atoms with Gasteiger partial charge >= 0.3 is 0 Å². The quantitative estimate of drug-likeness (QED) is 0.661. The second kappa shape index (κ2) is 5.90. The monoisotopic (exact) mass is 269 g/mol. The van der Waals surface area contributed by atoms with Gasteiger partial charge in [0.05, 0.1) is 11.6 Å². The second-order valence-electron chi connectivity index (χ2n) is 6.14. The molecule has 0 radical (unpaired) electrons. The van der Waals surface area contributed by atoms with Crippen LogP contribution in [0.15, 0.2) is 36.5 Å². The van der Waals surface area contributed by atoms with Crippen molar-refractivity contribution in [2.75, 3.05) is 0 Å². The topological polar surface area (TPSA) is 50.9 Å². The van der Waals surface area contributed by atoms with Gasteiger partial charge in [0.1, 0.15) is 0 Å². The molecule has 0 saturated heterocycles. The first-order chi connectivity index (χ1) is 9.78. The molecular formula is C17H23N3. The van der Waals surface area contributed by atoms with Gasteiger partial charge in [0, 0.05) is 11.6 Å². The predicted octanol–water partition coefficient (Wildman–Crippen LogP) is 3.57. The Hall–Kier alpha value is -1.45. The molecule has 3 atom stereocenters. The van der Waals surface area contributed by atoms with Gasteiger partial charge in [0.2, 0.25) is 0 Å². The highest BCUT2D eigenvalue weighted by Gasteiger charge is 2.27. The number of nitrogens with two attached hydrogens (primary N) is 1. The number of benzene rings is 1. The molecule has 1 saturated carbocycles. The van der Waals surface area contributed by atoms with E-state index in [-0.39, 0.29) is 6.04 Å². The minimum atomic E-state index is 0.217. The number of pyridine rings is 1. The van der Waals surface area contributed by atoms with Crippen LogP contribution < -0.4 is 11.3 Å². The lowest BCUT2D eigenvalue weighted by atomic mass is 9.77. The molecule has 3 nitrogen and oxygen atoms in total. The summed E-state index contributed by atoms with van der Waals surface area (Å²) < 4.78 is 0. The molecule has 3 N–H and O–H groups in total. The Bertz CT molecular complexity index is 581. The fourth-order valence-electron chi connectivity index (χ4n) is 3.55. The summed E-state index contributed by atoms with van der Waals surface area (Å²) in [6, 6.07) is 10.7. The van der Waals surface area contributed by atoms with Crippen molar-refractivity contribution in [2.24, 2.45) is 17.7 Å². The van der Waals surface area contributed by atoms with Gasteiger partial charge in [-0.3, -0.25) is 16.3 Å². The van der Waals surface area contributed by atoms with Crippen molar-refractivity contribution >= 4 is 10.9 Å². The molecule has 3 heteroatoms. The van der Waals surface area contributed by atoms with Gasteiger partial charge in [-0.2, -0.15) is 0 Å². The fourth-order valence-corrected chi connectivity index (χ4v) is 3.55. The van der Waals surface area contributed by atoms with Gasteiger partial charge < -0.3 is 0 Å². The highest BCUT2D eigenvalue weighted by molar-refractivity contribution is 5.78. The summed E-state index contributed by atoms with van der Waals surface area (Å²) in [5.74, 6) is 7.27. The van der Waals surface area contributed by atoms with Crippen LogP contribution >= 0.6 is 0 Å². The maximum absolute atomic E-state index is 5.85. The standard InChI is InChI=1S/C17H23N3/c1-12-5-4-7-14(9-12)17(20-18)15-10-13-6-2-3-8-16(13)19-11-15/h2-3,6,8,10-12,14,17,20H,4-5,7,9,18H2,1H3. The van der Waals surface area contributed by atoms with Gasteiger partial charge in [-0.25, -0.2) is 0 Å². The van der Waals surface area contributed by atoms with E-state index in [1.165, 1.54) is 36.6 Å². The Morgan fingerprint density at radius 2 is 2.15 bits per heavy atom. The summed E-state index contributed by atoms with van der Waals surface area (Å²) in [6.45, 7) is 2.35. The smallest absolute Gasteiger partial charge is 0.0702 e. The van der Waals surface area contributed by atoms with E-state index in [0.29, 0.717) is 5.92 Å². The zero-order chi connectivity index (χ0) is 13.9. The molecule has 1 aliphatic carbocycles. The molecule has 2 aromatic rings. The van der Waals surface area contributed by atoms with Crippen molar-refractivity contribution < 1.29 is 0 Å². The van der Waals surface area contributed by atoms with Crippen LogP contribution in [0.5, 0.6) is 0 Å². The molecule has 0 bridgehead atoms. The van der Waals surface area contributed by atoms with Crippen LogP contribution in [-0.2, 0) is 0 Å². The third-order valence-corrected chi connectivity index (χ3v) is 4.60. The summed E-state index contributed by atoms with van der Waals surface area (Å²) in [5.41, 5.74) is 5.29. The molecule has 1 fully saturated rings. The third kappa shape index (κ3) is 2.69.